The Labute approximate surface area is 109 Å². The molecular weight excluding hydrogens is 236 g/mol. The van der Waals surface area contributed by atoms with E-state index < -0.39 is 5.60 Å². The van der Waals surface area contributed by atoms with E-state index in [1.54, 1.807) is 21.0 Å². The van der Waals surface area contributed by atoms with Crippen LogP contribution in [-0.4, -0.2) is 44.0 Å². The molecule has 0 atom stereocenters. The number of nitrogens with two attached hydrogens (primary N) is 1. The van der Waals surface area contributed by atoms with Gasteiger partial charge in [-0.2, -0.15) is 0 Å². The van der Waals surface area contributed by atoms with Gasteiger partial charge in [-0.3, -0.25) is 4.79 Å². The minimum Gasteiger partial charge on any atom is -0.379 e. The first kappa shape index (κ1) is 17.3. The van der Waals surface area contributed by atoms with Crippen molar-refractivity contribution in [2.45, 2.75) is 45.3 Å². The van der Waals surface area contributed by atoms with E-state index >= 15 is 0 Å². The summed E-state index contributed by atoms with van der Waals surface area (Å²) in [6, 6.07) is 0. The predicted octanol–water partition coefficient (Wildman–Crippen LogP) is 0.603. The fourth-order valence-electron chi connectivity index (χ4n) is 1.16. The Morgan fingerprint density at radius 1 is 1.22 bits per heavy atom. The first-order valence-electron chi connectivity index (χ1n) is 6.04. The Kier molecular flexibility index (Phi) is 7.39. The van der Waals surface area contributed by atoms with E-state index in [1.807, 2.05) is 13.8 Å². The van der Waals surface area contributed by atoms with Crippen LogP contribution in [0.4, 0.5) is 0 Å². The Balaban J connectivity index is 4.02. The van der Waals surface area contributed by atoms with Crippen molar-refractivity contribution in [1.82, 2.24) is 5.32 Å². The molecule has 3 N–H and O–H groups in total. The minimum absolute atomic E-state index is 0.185. The summed E-state index contributed by atoms with van der Waals surface area (Å²) in [6.45, 7) is 8.50. The maximum atomic E-state index is 11.8. The minimum atomic E-state index is -0.877. The SMILES string of the molecule is COC(C)(C)CCOC(C)(C)C(=O)NCCON. The maximum Gasteiger partial charge on any atom is 0.251 e. The zero-order chi connectivity index (χ0) is 14.2. The van der Waals surface area contributed by atoms with Crippen LogP contribution >= 0.6 is 0 Å². The number of ether oxygens (including phenoxy) is 2. The second-order valence-electron chi connectivity index (χ2n) is 5.20. The highest BCUT2D eigenvalue weighted by molar-refractivity contribution is 5.84. The van der Waals surface area contributed by atoms with Crippen LogP contribution in [-0.2, 0) is 19.1 Å². The molecule has 0 bridgehead atoms. The van der Waals surface area contributed by atoms with Crippen LogP contribution in [0.1, 0.15) is 34.1 Å². The summed E-state index contributed by atoms with van der Waals surface area (Å²) in [7, 11) is 1.66. The Morgan fingerprint density at radius 3 is 2.33 bits per heavy atom. The normalized spacial score (nSPS) is 12.6. The molecule has 0 radical (unpaired) electrons. The highest BCUT2D eigenvalue weighted by Gasteiger charge is 2.29. The van der Waals surface area contributed by atoms with Crippen molar-refractivity contribution in [3.8, 4) is 0 Å². The van der Waals surface area contributed by atoms with Gasteiger partial charge in [0.1, 0.15) is 5.60 Å². The molecule has 108 valence electrons. The van der Waals surface area contributed by atoms with E-state index in [4.69, 9.17) is 15.4 Å². The molecule has 0 spiro atoms. The fraction of sp³-hybridized carbons (Fsp3) is 0.917. The molecular formula is C12H26N2O4. The largest absolute Gasteiger partial charge is 0.379 e. The van der Waals surface area contributed by atoms with Gasteiger partial charge in [-0.15, -0.1) is 0 Å². The number of methoxy groups -OCH3 is 1. The first-order valence-corrected chi connectivity index (χ1v) is 6.04. The van der Waals surface area contributed by atoms with Gasteiger partial charge in [-0.25, -0.2) is 5.90 Å². The Morgan fingerprint density at radius 2 is 1.83 bits per heavy atom. The molecule has 0 fully saturated rings. The van der Waals surface area contributed by atoms with Gasteiger partial charge in [-0.1, -0.05) is 0 Å². The lowest BCUT2D eigenvalue weighted by atomic mass is 10.1. The molecule has 0 rings (SSSR count). The highest BCUT2D eigenvalue weighted by atomic mass is 16.6. The Bertz CT molecular complexity index is 254. The monoisotopic (exact) mass is 262 g/mol. The molecule has 6 heteroatoms. The highest BCUT2D eigenvalue weighted by Crippen LogP contribution is 2.16. The summed E-state index contributed by atoms with van der Waals surface area (Å²) in [6.07, 6.45) is 0.714. The zero-order valence-electron chi connectivity index (χ0n) is 12.0. The van der Waals surface area contributed by atoms with Crippen molar-refractivity contribution >= 4 is 5.91 Å². The van der Waals surface area contributed by atoms with Gasteiger partial charge >= 0.3 is 0 Å². The smallest absolute Gasteiger partial charge is 0.251 e. The molecule has 0 saturated heterocycles. The fourth-order valence-corrected chi connectivity index (χ4v) is 1.16. The van der Waals surface area contributed by atoms with E-state index in [-0.39, 0.29) is 18.1 Å². The first-order chi connectivity index (χ1) is 8.25. The number of amides is 1. The van der Waals surface area contributed by atoms with Crippen LogP contribution < -0.4 is 11.2 Å². The Hall–Kier alpha value is -0.690. The van der Waals surface area contributed by atoms with Crippen LogP contribution in [0.25, 0.3) is 0 Å². The average molecular weight is 262 g/mol. The zero-order valence-corrected chi connectivity index (χ0v) is 12.0. The molecule has 0 aliphatic heterocycles. The van der Waals surface area contributed by atoms with Gasteiger partial charge in [0.05, 0.1) is 18.8 Å². The van der Waals surface area contributed by atoms with Gasteiger partial charge in [0.15, 0.2) is 0 Å². The summed E-state index contributed by atoms with van der Waals surface area (Å²) < 4.78 is 10.9. The lowest BCUT2D eigenvalue weighted by Crippen LogP contribution is -2.46. The van der Waals surface area contributed by atoms with E-state index in [0.717, 1.165) is 0 Å². The van der Waals surface area contributed by atoms with Gasteiger partial charge < -0.3 is 19.6 Å². The molecule has 0 aromatic heterocycles. The van der Waals surface area contributed by atoms with Crippen molar-refractivity contribution in [1.29, 1.82) is 0 Å². The van der Waals surface area contributed by atoms with Crippen molar-refractivity contribution in [2.75, 3.05) is 26.9 Å². The van der Waals surface area contributed by atoms with E-state index in [9.17, 15) is 4.79 Å². The molecule has 0 aromatic rings. The molecule has 6 nitrogen and oxygen atoms in total. The molecule has 0 aliphatic rings. The lowest BCUT2D eigenvalue weighted by Gasteiger charge is -2.28. The van der Waals surface area contributed by atoms with Crippen LogP contribution in [0.3, 0.4) is 0 Å². The molecule has 0 heterocycles. The number of carbonyl (C=O) groups is 1. The van der Waals surface area contributed by atoms with Gasteiger partial charge in [-0.05, 0) is 34.1 Å². The third-order valence-electron chi connectivity index (χ3n) is 2.77. The summed E-state index contributed by atoms with van der Waals surface area (Å²) >= 11 is 0. The molecule has 0 aliphatic carbocycles. The summed E-state index contributed by atoms with van der Waals surface area (Å²) in [5.74, 6) is 4.69. The van der Waals surface area contributed by atoms with E-state index in [0.29, 0.717) is 19.6 Å². The number of nitrogens with one attached hydrogen (secondary N) is 1. The van der Waals surface area contributed by atoms with Crippen LogP contribution in [0.5, 0.6) is 0 Å². The molecule has 0 saturated carbocycles. The van der Waals surface area contributed by atoms with Crippen molar-refractivity contribution in [3.63, 3.8) is 0 Å². The molecule has 0 aromatic carbocycles. The quantitative estimate of drug-likeness (QED) is 0.470. The number of rotatable bonds is 9. The standard InChI is InChI=1S/C12H26N2O4/c1-11(2,16-5)6-8-17-12(3,4)10(15)14-7-9-18-13/h6-9,13H2,1-5H3,(H,14,15). The second kappa shape index (κ2) is 7.68. The summed E-state index contributed by atoms with van der Waals surface area (Å²) in [5.41, 5.74) is -1.13. The molecule has 18 heavy (non-hydrogen) atoms. The van der Waals surface area contributed by atoms with Crippen molar-refractivity contribution in [3.05, 3.63) is 0 Å². The maximum absolute atomic E-state index is 11.8. The van der Waals surface area contributed by atoms with Crippen LogP contribution in [0, 0.1) is 0 Å². The van der Waals surface area contributed by atoms with Crippen molar-refractivity contribution < 1.29 is 19.1 Å². The number of carbonyl (C=O) groups excluding carboxylic acids is 1. The van der Waals surface area contributed by atoms with E-state index in [1.165, 1.54) is 0 Å². The van der Waals surface area contributed by atoms with Crippen LogP contribution in [0.2, 0.25) is 0 Å². The van der Waals surface area contributed by atoms with Crippen molar-refractivity contribution in [2.24, 2.45) is 5.90 Å². The van der Waals surface area contributed by atoms with Gasteiger partial charge in [0.2, 0.25) is 0 Å². The third-order valence-corrected chi connectivity index (χ3v) is 2.77. The van der Waals surface area contributed by atoms with E-state index in [2.05, 4.69) is 10.2 Å². The average Bonchev–Trinajstić information content (AvgIpc) is 2.28. The summed E-state index contributed by atoms with van der Waals surface area (Å²) in [4.78, 5) is 16.2. The number of hydrogen-bond donors (Lipinski definition) is 2. The third kappa shape index (κ3) is 6.90. The molecule has 0 unspecified atom stereocenters. The lowest BCUT2D eigenvalue weighted by molar-refractivity contribution is -0.145. The summed E-state index contributed by atoms with van der Waals surface area (Å²) in [5, 5.41) is 2.69. The predicted molar refractivity (Wildman–Crippen MR) is 68.9 cm³/mol. The van der Waals surface area contributed by atoms with Gasteiger partial charge in [0.25, 0.3) is 5.91 Å². The second-order valence-corrected chi connectivity index (χ2v) is 5.20. The topological polar surface area (TPSA) is 82.8 Å². The van der Waals surface area contributed by atoms with Crippen LogP contribution in [0.15, 0.2) is 0 Å². The van der Waals surface area contributed by atoms with Gasteiger partial charge in [0, 0.05) is 13.7 Å². The molecule has 1 amide bonds. The number of hydrogen-bond acceptors (Lipinski definition) is 5.